The molecule has 0 aliphatic carbocycles. The number of thiocarbonyl (C=S) groups is 1. The van der Waals surface area contributed by atoms with E-state index in [9.17, 15) is 4.39 Å². The van der Waals surface area contributed by atoms with Crippen molar-refractivity contribution >= 4 is 23.0 Å². The fourth-order valence-electron chi connectivity index (χ4n) is 2.19. The van der Waals surface area contributed by atoms with Gasteiger partial charge in [-0.05, 0) is 29.9 Å². The first-order valence-electron chi connectivity index (χ1n) is 7.21. The third-order valence-electron chi connectivity index (χ3n) is 3.22. The predicted octanol–water partition coefficient (Wildman–Crippen LogP) is 1.96. The van der Waals surface area contributed by atoms with E-state index in [0.717, 1.165) is 6.54 Å². The second-order valence-corrected chi connectivity index (χ2v) is 5.85. The summed E-state index contributed by atoms with van der Waals surface area (Å²) in [5.74, 6) is -0.316. The van der Waals surface area contributed by atoms with E-state index in [1.807, 2.05) is 12.1 Å². The number of rotatable bonds is 5. The van der Waals surface area contributed by atoms with Gasteiger partial charge in [0, 0.05) is 12.1 Å². The SMILES string of the molecule is C[NH+](C)Cc1ccccc1CNC(=S)Nc1ccccc1F. The predicted molar refractivity (Wildman–Crippen MR) is 92.4 cm³/mol. The highest BCUT2D eigenvalue weighted by atomic mass is 32.1. The minimum absolute atomic E-state index is 0.316. The van der Waals surface area contributed by atoms with Crippen molar-refractivity contribution in [3.8, 4) is 0 Å². The first-order valence-corrected chi connectivity index (χ1v) is 7.62. The Bertz CT molecular complexity index is 643. The zero-order valence-electron chi connectivity index (χ0n) is 12.8. The van der Waals surface area contributed by atoms with Gasteiger partial charge in [-0.25, -0.2) is 4.39 Å². The van der Waals surface area contributed by atoms with Crippen LogP contribution in [0, 0.1) is 5.82 Å². The minimum atomic E-state index is -0.316. The molecular formula is C17H21FN3S+. The molecule has 0 unspecified atom stereocenters. The van der Waals surface area contributed by atoms with Gasteiger partial charge in [0.2, 0.25) is 0 Å². The summed E-state index contributed by atoms with van der Waals surface area (Å²) in [6, 6.07) is 14.7. The summed E-state index contributed by atoms with van der Waals surface area (Å²) in [5.41, 5.74) is 2.86. The number of quaternary nitrogens is 1. The third-order valence-corrected chi connectivity index (χ3v) is 3.47. The summed E-state index contributed by atoms with van der Waals surface area (Å²) in [6.07, 6.45) is 0. The Kier molecular flexibility index (Phi) is 5.86. The first-order chi connectivity index (χ1) is 10.6. The summed E-state index contributed by atoms with van der Waals surface area (Å²) in [6.45, 7) is 1.56. The molecular weight excluding hydrogens is 297 g/mol. The van der Waals surface area contributed by atoms with Crippen LogP contribution in [0.3, 0.4) is 0 Å². The Morgan fingerprint density at radius 1 is 1.05 bits per heavy atom. The van der Waals surface area contributed by atoms with Crippen molar-refractivity contribution in [2.24, 2.45) is 0 Å². The molecule has 2 aromatic carbocycles. The van der Waals surface area contributed by atoms with Crippen molar-refractivity contribution in [2.75, 3.05) is 19.4 Å². The molecule has 0 saturated heterocycles. The molecule has 0 saturated carbocycles. The van der Waals surface area contributed by atoms with Gasteiger partial charge in [0.05, 0.1) is 19.8 Å². The second kappa shape index (κ2) is 7.87. The average Bonchev–Trinajstić information content (AvgIpc) is 2.48. The lowest BCUT2D eigenvalue weighted by Crippen LogP contribution is -3.04. The summed E-state index contributed by atoms with van der Waals surface area (Å²) in [5, 5.41) is 6.43. The van der Waals surface area contributed by atoms with Crippen molar-refractivity contribution in [1.29, 1.82) is 0 Å². The van der Waals surface area contributed by atoms with Crippen LogP contribution >= 0.6 is 12.2 Å². The van der Waals surface area contributed by atoms with Gasteiger partial charge in [0.15, 0.2) is 5.11 Å². The fraction of sp³-hybridized carbons (Fsp3) is 0.235. The Labute approximate surface area is 136 Å². The van der Waals surface area contributed by atoms with Crippen LogP contribution < -0.4 is 15.5 Å². The quantitative estimate of drug-likeness (QED) is 0.736. The second-order valence-electron chi connectivity index (χ2n) is 5.44. The maximum atomic E-state index is 13.6. The molecule has 0 atom stereocenters. The number of anilines is 1. The van der Waals surface area contributed by atoms with Crippen molar-refractivity contribution < 1.29 is 9.29 Å². The smallest absolute Gasteiger partial charge is 0.171 e. The largest absolute Gasteiger partial charge is 0.358 e. The molecule has 2 rings (SSSR count). The van der Waals surface area contributed by atoms with Crippen LogP contribution in [0.4, 0.5) is 10.1 Å². The molecule has 0 spiro atoms. The van der Waals surface area contributed by atoms with Crippen molar-refractivity contribution in [3.05, 3.63) is 65.5 Å². The minimum Gasteiger partial charge on any atom is -0.358 e. The van der Waals surface area contributed by atoms with Crippen LogP contribution in [0.25, 0.3) is 0 Å². The zero-order chi connectivity index (χ0) is 15.9. The summed E-state index contributed by atoms with van der Waals surface area (Å²) in [4.78, 5) is 1.36. The molecule has 0 heterocycles. The number of para-hydroxylation sites is 1. The van der Waals surface area contributed by atoms with Gasteiger partial charge in [0.25, 0.3) is 0 Å². The fourth-order valence-corrected chi connectivity index (χ4v) is 2.37. The summed E-state index contributed by atoms with van der Waals surface area (Å²) in [7, 11) is 4.24. The third kappa shape index (κ3) is 4.79. The summed E-state index contributed by atoms with van der Waals surface area (Å²) >= 11 is 5.23. The van der Waals surface area contributed by atoms with Crippen molar-refractivity contribution in [1.82, 2.24) is 5.32 Å². The van der Waals surface area contributed by atoms with Gasteiger partial charge in [-0.15, -0.1) is 0 Å². The Hall–Kier alpha value is -1.98. The molecule has 3 N–H and O–H groups in total. The monoisotopic (exact) mass is 318 g/mol. The van der Waals surface area contributed by atoms with Gasteiger partial charge in [0.1, 0.15) is 12.4 Å². The highest BCUT2D eigenvalue weighted by molar-refractivity contribution is 7.80. The maximum Gasteiger partial charge on any atom is 0.171 e. The lowest BCUT2D eigenvalue weighted by molar-refractivity contribution is -0.872. The molecule has 116 valence electrons. The molecule has 0 aliphatic rings. The van der Waals surface area contributed by atoms with E-state index in [2.05, 4.69) is 36.9 Å². The average molecular weight is 318 g/mol. The normalized spacial score (nSPS) is 10.5. The Morgan fingerprint density at radius 3 is 2.36 bits per heavy atom. The van der Waals surface area contributed by atoms with E-state index in [-0.39, 0.29) is 5.82 Å². The molecule has 0 aliphatic heterocycles. The summed E-state index contributed by atoms with van der Waals surface area (Å²) < 4.78 is 13.6. The van der Waals surface area contributed by atoms with E-state index in [4.69, 9.17) is 12.2 Å². The maximum absolute atomic E-state index is 13.6. The molecule has 0 aromatic heterocycles. The lowest BCUT2D eigenvalue weighted by Gasteiger charge is -2.14. The number of nitrogens with one attached hydrogen (secondary N) is 3. The van der Waals surface area contributed by atoms with E-state index in [1.165, 1.54) is 22.1 Å². The standard InChI is InChI=1S/C17H20FN3S/c1-21(2)12-14-8-4-3-7-13(14)11-19-17(22)20-16-10-6-5-9-15(16)18/h3-10H,11-12H2,1-2H3,(H2,19,20,22)/p+1. The highest BCUT2D eigenvalue weighted by Gasteiger charge is 2.07. The Morgan fingerprint density at radius 2 is 1.68 bits per heavy atom. The van der Waals surface area contributed by atoms with Gasteiger partial charge in [-0.2, -0.15) is 0 Å². The molecule has 3 nitrogen and oxygen atoms in total. The molecule has 0 fully saturated rings. The van der Waals surface area contributed by atoms with Crippen molar-refractivity contribution in [2.45, 2.75) is 13.1 Å². The number of halogens is 1. The van der Waals surface area contributed by atoms with Crippen molar-refractivity contribution in [3.63, 3.8) is 0 Å². The van der Waals surface area contributed by atoms with Crippen LogP contribution in [0.5, 0.6) is 0 Å². The van der Waals surface area contributed by atoms with Crippen LogP contribution in [0.2, 0.25) is 0 Å². The molecule has 5 heteroatoms. The lowest BCUT2D eigenvalue weighted by atomic mass is 10.1. The van der Waals surface area contributed by atoms with Gasteiger partial charge in [-0.3, -0.25) is 0 Å². The van der Waals surface area contributed by atoms with E-state index in [0.29, 0.717) is 17.3 Å². The van der Waals surface area contributed by atoms with Gasteiger partial charge in [-0.1, -0.05) is 36.4 Å². The van der Waals surface area contributed by atoms with E-state index >= 15 is 0 Å². The van der Waals surface area contributed by atoms with E-state index < -0.39 is 0 Å². The van der Waals surface area contributed by atoms with E-state index in [1.54, 1.807) is 18.2 Å². The molecule has 0 radical (unpaired) electrons. The van der Waals surface area contributed by atoms with Crippen LogP contribution in [0.1, 0.15) is 11.1 Å². The highest BCUT2D eigenvalue weighted by Crippen LogP contribution is 2.12. The first kappa shape index (κ1) is 16.4. The number of hydrogen-bond donors (Lipinski definition) is 3. The number of benzene rings is 2. The zero-order valence-corrected chi connectivity index (χ0v) is 13.6. The van der Waals surface area contributed by atoms with Crippen LogP contribution in [0.15, 0.2) is 48.5 Å². The van der Waals surface area contributed by atoms with Gasteiger partial charge >= 0.3 is 0 Å². The molecule has 0 bridgehead atoms. The number of hydrogen-bond acceptors (Lipinski definition) is 1. The molecule has 0 amide bonds. The van der Waals surface area contributed by atoms with Crippen LogP contribution in [-0.2, 0) is 13.1 Å². The Balaban J connectivity index is 1.95. The van der Waals surface area contributed by atoms with Crippen LogP contribution in [-0.4, -0.2) is 19.2 Å². The topological polar surface area (TPSA) is 28.5 Å². The molecule has 22 heavy (non-hydrogen) atoms. The molecule has 2 aromatic rings. The van der Waals surface area contributed by atoms with Gasteiger partial charge < -0.3 is 15.5 Å².